The molecule has 0 fully saturated rings. The molecule has 0 aliphatic rings. The van der Waals surface area contributed by atoms with E-state index in [9.17, 15) is 0 Å². The van der Waals surface area contributed by atoms with Crippen LogP contribution >= 0.6 is 24.0 Å². The Hall–Kier alpha value is -0.830. The highest BCUT2D eigenvalue weighted by Gasteiger charge is 2.04. The van der Waals surface area contributed by atoms with Crippen molar-refractivity contribution in [1.82, 2.24) is 20.4 Å². The highest BCUT2D eigenvalue weighted by atomic mass is 127. The molecule has 0 aromatic carbocycles. The highest BCUT2D eigenvalue weighted by molar-refractivity contribution is 14.0. The normalized spacial score (nSPS) is 12.7. The number of methoxy groups -OCH3 is 1. The maximum absolute atomic E-state index is 5.12. The molecule has 1 aromatic heterocycles. The molecule has 0 saturated carbocycles. The topological polar surface area (TPSA) is 63.5 Å². The summed E-state index contributed by atoms with van der Waals surface area (Å²) in [6.07, 6.45) is 0.969. The first kappa shape index (κ1) is 21.2. The fraction of sp³-hybridized carbons (Fsp3) is 0.733. The summed E-state index contributed by atoms with van der Waals surface area (Å²) in [6, 6.07) is 2.34. The van der Waals surface area contributed by atoms with Gasteiger partial charge in [0.1, 0.15) is 0 Å². The van der Waals surface area contributed by atoms with Crippen LogP contribution in [0.2, 0.25) is 0 Å². The van der Waals surface area contributed by atoms with Gasteiger partial charge < -0.3 is 15.4 Å². The Kier molecular flexibility index (Phi) is 11.3. The molecule has 22 heavy (non-hydrogen) atoms. The lowest BCUT2D eigenvalue weighted by Gasteiger charge is -2.17. The molecule has 6 nitrogen and oxygen atoms in total. The van der Waals surface area contributed by atoms with Gasteiger partial charge in [0.05, 0.1) is 12.3 Å². The van der Waals surface area contributed by atoms with E-state index in [1.807, 2.05) is 11.6 Å². The van der Waals surface area contributed by atoms with Gasteiger partial charge >= 0.3 is 0 Å². The molecule has 128 valence electrons. The minimum atomic E-state index is 0. The molecule has 1 atom stereocenters. The van der Waals surface area contributed by atoms with Gasteiger partial charge in [-0.05, 0) is 40.2 Å². The van der Waals surface area contributed by atoms with E-state index in [1.54, 1.807) is 7.11 Å². The number of ether oxygens (including phenoxy) is 1. The number of nitrogens with zero attached hydrogens (tertiary/aromatic N) is 3. The number of halogens is 1. The Morgan fingerprint density at radius 2 is 2.18 bits per heavy atom. The van der Waals surface area contributed by atoms with Crippen LogP contribution < -0.4 is 10.6 Å². The van der Waals surface area contributed by atoms with Crippen LogP contribution in [-0.4, -0.2) is 48.6 Å². The molecule has 1 unspecified atom stereocenters. The third-order valence-corrected chi connectivity index (χ3v) is 3.05. The van der Waals surface area contributed by atoms with E-state index < -0.39 is 0 Å². The number of aliphatic imine (C=N–C) groups is 1. The fourth-order valence-electron chi connectivity index (χ4n) is 2.16. The standard InChI is InChI=1S/C15H29N5O.HI/c1-6-16-15(18-13(3)11-21-5)17-8-7-9-20-14(4)10-12(2)19-20;/h10,13H,6-9,11H2,1-5H3,(H2,16,17,18);1H. The second kappa shape index (κ2) is 11.7. The van der Waals surface area contributed by atoms with Gasteiger partial charge in [0.2, 0.25) is 0 Å². The third-order valence-electron chi connectivity index (χ3n) is 3.05. The largest absolute Gasteiger partial charge is 0.383 e. The molecule has 0 aliphatic heterocycles. The Balaban J connectivity index is 0.00000441. The molecule has 0 radical (unpaired) electrons. The predicted molar refractivity (Wildman–Crippen MR) is 102 cm³/mol. The van der Waals surface area contributed by atoms with Gasteiger partial charge in [-0.3, -0.25) is 9.67 Å². The van der Waals surface area contributed by atoms with Crippen LogP contribution in [0.15, 0.2) is 11.1 Å². The molecule has 1 aromatic rings. The summed E-state index contributed by atoms with van der Waals surface area (Å²) >= 11 is 0. The first-order chi connectivity index (χ1) is 10.1. The van der Waals surface area contributed by atoms with Gasteiger partial charge in [0.25, 0.3) is 0 Å². The molecule has 0 amide bonds. The summed E-state index contributed by atoms with van der Waals surface area (Å²) in [5.74, 6) is 0.843. The lowest BCUT2D eigenvalue weighted by Crippen LogP contribution is -2.44. The van der Waals surface area contributed by atoms with Crippen molar-refractivity contribution in [1.29, 1.82) is 0 Å². The summed E-state index contributed by atoms with van der Waals surface area (Å²) in [5.41, 5.74) is 2.27. The smallest absolute Gasteiger partial charge is 0.191 e. The summed E-state index contributed by atoms with van der Waals surface area (Å²) in [6.45, 7) is 11.4. The first-order valence-corrected chi connectivity index (χ1v) is 7.61. The molecular weight excluding hydrogens is 393 g/mol. The Labute approximate surface area is 151 Å². The quantitative estimate of drug-likeness (QED) is 0.291. The van der Waals surface area contributed by atoms with E-state index in [4.69, 9.17) is 4.74 Å². The average molecular weight is 423 g/mol. The minimum Gasteiger partial charge on any atom is -0.383 e. The highest BCUT2D eigenvalue weighted by Crippen LogP contribution is 2.02. The summed E-state index contributed by atoms with van der Waals surface area (Å²) in [5, 5.41) is 11.0. The summed E-state index contributed by atoms with van der Waals surface area (Å²) < 4.78 is 7.17. The summed E-state index contributed by atoms with van der Waals surface area (Å²) in [4.78, 5) is 4.58. The fourth-order valence-corrected chi connectivity index (χ4v) is 2.16. The van der Waals surface area contributed by atoms with E-state index in [-0.39, 0.29) is 30.0 Å². The molecule has 1 rings (SSSR count). The number of rotatable bonds is 8. The van der Waals surface area contributed by atoms with E-state index >= 15 is 0 Å². The molecule has 2 N–H and O–H groups in total. The zero-order valence-corrected chi connectivity index (χ0v) is 16.7. The number of hydrogen-bond acceptors (Lipinski definition) is 3. The van der Waals surface area contributed by atoms with Crippen molar-refractivity contribution in [2.45, 2.75) is 46.7 Å². The van der Waals surface area contributed by atoms with Gasteiger partial charge in [-0.15, -0.1) is 24.0 Å². The Morgan fingerprint density at radius 3 is 2.73 bits per heavy atom. The molecule has 0 bridgehead atoms. The number of guanidine groups is 1. The lowest BCUT2D eigenvalue weighted by molar-refractivity contribution is 0.179. The van der Waals surface area contributed by atoms with E-state index in [0.717, 1.165) is 37.7 Å². The number of nitrogens with one attached hydrogen (secondary N) is 2. The first-order valence-electron chi connectivity index (χ1n) is 7.61. The van der Waals surface area contributed by atoms with Crippen molar-refractivity contribution in [2.75, 3.05) is 26.8 Å². The van der Waals surface area contributed by atoms with E-state index in [2.05, 4.69) is 47.6 Å². The second-order valence-electron chi connectivity index (χ2n) is 5.27. The zero-order valence-electron chi connectivity index (χ0n) is 14.3. The van der Waals surface area contributed by atoms with Crippen molar-refractivity contribution in [2.24, 2.45) is 4.99 Å². The van der Waals surface area contributed by atoms with Gasteiger partial charge in [-0.2, -0.15) is 5.10 Å². The predicted octanol–water partition coefficient (Wildman–Crippen LogP) is 2.10. The lowest BCUT2D eigenvalue weighted by atomic mass is 10.3. The zero-order chi connectivity index (χ0) is 15.7. The van der Waals surface area contributed by atoms with Crippen molar-refractivity contribution < 1.29 is 4.74 Å². The number of hydrogen-bond donors (Lipinski definition) is 2. The van der Waals surface area contributed by atoms with Crippen LogP contribution in [0.1, 0.15) is 31.7 Å². The maximum Gasteiger partial charge on any atom is 0.191 e. The van der Waals surface area contributed by atoms with Crippen LogP contribution in [0.3, 0.4) is 0 Å². The van der Waals surface area contributed by atoms with Crippen molar-refractivity contribution in [3.05, 3.63) is 17.5 Å². The van der Waals surface area contributed by atoms with Crippen LogP contribution in [-0.2, 0) is 11.3 Å². The third kappa shape index (κ3) is 7.98. The van der Waals surface area contributed by atoms with Crippen molar-refractivity contribution >= 4 is 29.9 Å². The maximum atomic E-state index is 5.12. The van der Waals surface area contributed by atoms with E-state index in [0.29, 0.717) is 6.61 Å². The van der Waals surface area contributed by atoms with Crippen molar-refractivity contribution in [3.63, 3.8) is 0 Å². The minimum absolute atomic E-state index is 0. The number of aryl methyl sites for hydroxylation is 3. The van der Waals surface area contributed by atoms with E-state index in [1.165, 1.54) is 5.69 Å². The summed E-state index contributed by atoms with van der Waals surface area (Å²) in [7, 11) is 1.71. The molecule has 7 heteroatoms. The molecule has 1 heterocycles. The second-order valence-corrected chi connectivity index (χ2v) is 5.27. The van der Waals surface area contributed by atoms with Crippen LogP contribution in [0.4, 0.5) is 0 Å². The van der Waals surface area contributed by atoms with Gasteiger partial charge in [0, 0.05) is 38.5 Å². The van der Waals surface area contributed by atoms with Crippen LogP contribution in [0.25, 0.3) is 0 Å². The van der Waals surface area contributed by atoms with Crippen molar-refractivity contribution in [3.8, 4) is 0 Å². The van der Waals surface area contributed by atoms with Crippen LogP contribution in [0.5, 0.6) is 0 Å². The molecular formula is C15H30IN5O. The monoisotopic (exact) mass is 423 g/mol. The number of aromatic nitrogens is 2. The molecule has 0 saturated heterocycles. The van der Waals surface area contributed by atoms with Crippen LogP contribution in [0, 0.1) is 13.8 Å². The van der Waals surface area contributed by atoms with Gasteiger partial charge in [0.15, 0.2) is 5.96 Å². The molecule has 0 spiro atoms. The Morgan fingerprint density at radius 1 is 1.45 bits per heavy atom. The SMILES string of the molecule is CCNC(=NCCCn1nc(C)cc1C)NC(C)COC.I. The molecule has 0 aliphatic carbocycles. The van der Waals surface area contributed by atoms with Gasteiger partial charge in [-0.25, -0.2) is 0 Å². The Bertz CT molecular complexity index is 447. The average Bonchev–Trinajstić information content (AvgIpc) is 2.73. The van der Waals surface area contributed by atoms with Gasteiger partial charge in [-0.1, -0.05) is 0 Å².